The highest BCUT2D eigenvalue weighted by Gasteiger charge is 2.32. The van der Waals surface area contributed by atoms with Crippen LogP contribution in [-0.2, 0) is 50.4 Å². The van der Waals surface area contributed by atoms with E-state index in [-0.39, 0.29) is 33.1 Å². The van der Waals surface area contributed by atoms with Gasteiger partial charge in [0.05, 0.1) is 43.8 Å². The fourth-order valence-electron chi connectivity index (χ4n) is 4.36. The van der Waals surface area contributed by atoms with E-state index in [2.05, 4.69) is 20.2 Å². The van der Waals surface area contributed by atoms with Crippen molar-refractivity contribution in [3.05, 3.63) is 77.4 Å². The number of nitrogens with two attached hydrogens (primary N) is 1. The van der Waals surface area contributed by atoms with Crippen molar-refractivity contribution < 1.29 is 27.5 Å². The summed E-state index contributed by atoms with van der Waals surface area (Å²) in [5, 5.41) is 11.5. The predicted molar refractivity (Wildman–Crippen MR) is 162 cm³/mol. The van der Waals surface area contributed by atoms with Crippen LogP contribution in [0.1, 0.15) is 50.1 Å². The van der Waals surface area contributed by atoms with Crippen LogP contribution in [0.15, 0.2) is 54.6 Å². The highest BCUT2D eigenvalue weighted by molar-refractivity contribution is 7.92. The number of aromatic nitrogens is 3. The van der Waals surface area contributed by atoms with Gasteiger partial charge in [-0.1, -0.05) is 56.0 Å². The summed E-state index contributed by atoms with van der Waals surface area (Å²) in [5.74, 6) is 0.700. The number of nitrogens with one attached hydrogen (secondary N) is 2. The standard InChI is InChI=1S/C28H37N7O6S.CH4/c1-28(2,29)26(36)30-23(19-40-18-20-9-5-4-6-10-20)25-32-31-24-17-34(14-15-35(24)25)27(37)41-16-13-21-11-7-8-12-22(21)33-42(3,38)39;/h4-12,23,33H,13-19,29H2,1-3H3,(H,30,36);1H4/t23-;/m1./s1. The van der Waals surface area contributed by atoms with Crippen LogP contribution in [-0.4, -0.2) is 71.6 Å². The average Bonchev–Trinajstić information content (AvgIpc) is 3.36. The number of nitrogens with zero attached hydrogens (tertiary/aromatic N) is 4. The molecule has 0 fully saturated rings. The van der Waals surface area contributed by atoms with E-state index in [1.807, 2.05) is 34.9 Å². The molecule has 2 amide bonds. The molecular weight excluding hydrogens is 574 g/mol. The molecule has 0 unspecified atom stereocenters. The molecule has 0 aliphatic carbocycles. The summed E-state index contributed by atoms with van der Waals surface area (Å²) in [4.78, 5) is 27.1. The number of rotatable bonds is 12. The molecule has 43 heavy (non-hydrogen) atoms. The molecule has 13 nitrogen and oxygen atoms in total. The zero-order valence-corrected chi connectivity index (χ0v) is 24.8. The van der Waals surface area contributed by atoms with Crippen molar-refractivity contribution in [1.82, 2.24) is 25.0 Å². The number of carbonyl (C=O) groups excluding carboxylic acids is 2. The number of sulfonamides is 1. The Labute approximate surface area is 252 Å². The molecule has 1 aliphatic rings. The van der Waals surface area contributed by atoms with E-state index in [0.717, 1.165) is 11.8 Å². The number of benzene rings is 2. The highest BCUT2D eigenvalue weighted by atomic mass is 32.2. The Morgan fingerprint density at radius 1 is 1.07 bits per heavy atom. The van der Waals surface area contributed by atoms with Crippen molar-refractivity contribution in [1.29, 1.82) is 0 Å². The summed E-state index contributed by atoms with van der Waals surface area (Å²) < 4.78 is 39.0. The van der Waals surface area contributed by atoms with Gasteiger partial charge in [-0.2, -0.15) is 0 Å². The van der Waals surface area contributed by atoms with Crippen molar-refractivity contribution in [3.63, 3.8) is 0 Å². The lowest BCUT2D eigenvalue weighted by Crippen LogP contribution is -2.51. The summed E-state index contributed by atoms with van der Waals surface area (Å²) in [6.45, 7) is 4.72. The van der Waals surface area contributed by atoms with Crippen molar-refractivity contribution in [3.8, 4) is 0 Å². The van der Waals surface area contributed by atoms with Gasteiger partial charge in [-0.05, 0) is 31.0 Å². The minimum absolute atomic E-state index is 0. The van der Waals surface area contributed by atoms with E-state index < -0.39 is 27.7 Å². The number of amides is 2. The number of carbonyl (C=O) groups is 2. The number of anilines is 1. The molecule has 2 aromatic carbocycles. The molecule has 0 radical (unpaired) electrons. The maximum absolute atomic E-state index is 12.8. The highest BCUT2D eigenvalue weighted by Crippen LogP contribution is 2.21. The Balaban J connectivity index is 0.00000506. The van der Waals surface area contributed by atoms with Gasteiger partial charge in [0.2, 0.25) is 15.9 Å². The second kappa shape index (κ2) is 14.4. The largest absolute Gasteiger partial charge is 0.449 e. The third kappa shape index (κ3) is 9.49. The summed E-state index contributed by atoms with van der Waals surface area (Å²) in [7, 11) is -3.44. The minimum Gasteiger partial charge on any atom is -0.449 e. The molecule has 14 heteroatoms. The fourth-order valence-corrected chi connectivity index (χ4v) is 4.96. The van der Waals surface area contributed by atoms with E-state index >= 15 is 0 Å². The first kappa shape index (κ1) is 33.5. The first-order valence-electron chi connectivity index (χ1n) is 13.5. The van der Waals surface area contributed by atoms with Gasteiger partial charge in [-0.15, -0.1) is 10.2 Å². The predicted octanol–water partition coefficient (Wildman–Crippen LogP) is 2.59. The maximum Gasteiger partial charge on any atom is 0.410 e. The molecule has 0 saturated carbocycles. The van der Waals surface area contributed by atoms with Crippen molar-refractivity contribution in [2.45, 2.75) is 59.0 Å². The van der Waals surface area contributed by atoms with Crippen LogP contribution >= 0.6 is 0 Å². The van der Waals surface area contributed by atoms with Crippen LogP contribution in [0.2, 0.25) is 0 Å². The van der Waals surface area contributed by atoms with Gasteiger partial charge in [-0.3, -0.25) is 14.4 Å². The van der Waals surface area contributed by atoms with Gasteiger partial charge >= 0.3 is 6.09 Å². The summed E-state index contributed by atoms with van der Waals surface area (Å²) in [6.07, 6.45) is 0.901. The molecular formula is C29H41N7O6S. The first-order valence-corrected chi connectivity index (χ1v) is 15.4. The van der Waals surface area contributed by atoms with Gasteiger partial charge in [0.25, 0.3) is 0 Å². The van der Waals surface area contributed by atoms with Gasteiger partial charge in [0.15, 0.2) is 11.6 Å². The first-order chi connectivity index (χ1) is 19.9. The van der Waals surface area contributed by atoms with Gasteiger partial charge in [-0.25, -0.2) is 13.2 Å². The van der Waals surface area contributed by atoms with Crippen molar-refractivity contribution in [2.75, 3.05) is 30.7 Å². The van der Waals surface area contributed by atoms with E-state index in [9.17, 15) is 18.0 Å². The second-order valence-electron chi connectivity index (χ2n) is 10.7. The van der Waals surface area contributed by atoms with E-state index in [1.165, 1.54) is 4.90 Å². The van der Waals surface area contributed by atoms with Crippen LogP contribution in [0.25, 0.3) is 0 Å². The molecule has 0 spiro atoms. The smallest absolute Gasteiger partial charge is 0.410 e. The number of fused-ring (bicyclic) bond motifs is 1. The Kier molecular flexibility index (Phi) is 11.2. The number of ether oxygens (including phenoxy) is 2. The molecule has 4 rings (SSSR count). The third-order valence-electron chi connectivity index (χ3n) is 6.55. The van der Waals surface area contributed by atoms with E-state index in [4.69, 9.17) is 15.2 Å². The maximum atomic E-state index is 12.8. The van der Waals surface area contributed by atoms with Crippen LogP contribution in [0.5, 0.6) is 0 Å². The zero-order valence-electron chi connectivity index (χ0n) is 23.9. The van der Waals surface area contributed by atoms with Crippen LogP contribution < -0.4 is 15.8 Å². The van der Waals surface area contributed by atoms with E-state index in [0.29, 0.717) is 49.0 Å². The molecule has 4 N–H and O–H groups in total. The van der Waals surface area contributed by atoms with Crippen LogP contribution in [0.4, 0.5) is 10.5 Å². The molecule has 3 aromatic rings. The van der Waals surface area contributed by atoms with Crippen LogP contribution in [0.3, 0.4) is 0 Å². The average molecular weight is 616 g/mol. The summed E-state index contributed by atoms with van der Waals surface area (Å²) in [6, 6.07) is 16.0. The fraction of sp³-hybridized carbons (Fsp3) is 0.448. The van der Waals surface area contributed by atoms with Crippen molar-refractivity contribution in [2.24, 2.45) is 5.73 Å². The second-order valence-corrected chi connectivity index (χ2v) is 12.4. The zero-order chi connectivity index (χ0) is 30.3. The minimum atomic E-state index is -3.44. The quantitative estimate of drug-likeness (QED) is 0.277. The van der Waals surface area contributed by atoms with Gasteiger partial charge in [0, 0.05) is 19.5 Å². The van der Waals surface area contributed by atoms with Gasteiger partial charge < -0.3 is 25.1 Å². The van der Waals surface area contributed by atoms with Crippen LogP contribution in [0, 0.1) is 0 Å². The number of hydrogen-bond acceptors (Lipinski definition) is 9. The SMILES string of the molecule is C.CC(C)(N)C(=O)N[C@H](COCc1ccccc1)c1nnc2n1CCN(C(=O)OCCc1ccccc1NS(C)(=O)=O)C2. The van der Waals surface area contributed by atoms with Crippen molar-refractivity contribution >= 4 is 27.7 Å². The number of para-hydroxylation sites is 1. The topological polar surface area (TPSA) is 171 Å². The Morgan fingerprint density at radius 2 is 1.77 bits per heavy atom. The molecule has 0 saturated heterocycles. The molecule has 234 valence electrons. The Morgan fingerprint density at radius 3 is 2.47 bits per heavy atom. The normalized spacial score (nSPS) is 13.8. The Hall–Kier alpha value is -4.01. The lowest BCUT2D eigenvalue weighted by atomic mass is 10.1. The Bertz CT molecular complexity index is 1490. The lowest BCUT2D eigenvalue weighted by molar-refractivity contribution is -0.126. The molecule has 1 aromatic heterocycles. The summed E-state index contributed by atoms with van der Waals surface area (Å²) in [5.41, 5.74) is 7.06. The summed E-state index contributed by atoms with van der Waals surface area (Å²) >= 11 is 0. The van der Waals surface area contributed by atoms with E-state index in [1.54, 1.807) is 38.1 Å². The lowest BCUT2D eigenvalue weighted by Gasteiger charge is -2.29. The monoisotopic (exact) mass is 615 g/mol. The molecule has 1 atom stereocenters. The molecule has 0 bridgehead atoms. The number of hydrogen-bond donors (Lipinski definition) is 3. The molecule has 1 aliphatic heterocycles. The molecule has 2 heterocycles. The van der Waals surface area contributed by atoms with Gasteiger partial charge in [0.1, 0.15) is 6.04 Å². The third-order valence-corrected chi connectivity index (χ3v) is 7.14.